The van der Waals surface area contributed by atoms with Crippen LogP contribution in [0.5, 0.6) is 11.5 Å². The van der Waals surface area contributed by atoms with E-state index in [0.29, 0.717) is 10.7 Å². The molecule has 0 atom stereocenters. The van der Waals surface area contributed by atoms with Crippen LogP contribution >= 0.6 is 34.2 Å². The number of benzene rings is 2. The van der Waals surface area contributed by atoms with E-state index in [1.54, 1.807) is 12.1 Å². The number of hydrogen-bond acceptors (Lipinski definition) is 3. The molecule has 0 spiro atoms. The van der Waals surface area contributed by atoms with Crippen molar-refractivity contribution < 1.29 is 15.0 Å². The highest BCUT2D eigenvalue weighted by atomic mass is 127. The third-order valence-corrected chi connectivity index (χ3v) is 3.33. The van der Waals surface area contributed by atoms with Crippen LogP contribution in [0.4, 0.5) is 5.69 Å². The first-order valence-corrected chi connectivity index (χ1v) is 6.71. The summed E-state index contributed by atoms with van der Waals surface area (Å²) in [4.78, 5) is 12.0. The van der Waals surface area contributed by atoms with Crippen molar-refractivity contribution in [1.82, 2.24) is 0 Å². The molecule has 0 unspecified atom stereocenters. The monoisotopic (exact) mass is 389 g/mol. The topological polar surface area (TPSA) is 69.6 Å². The Morgan fingerprint density at radius 1 is 1.11 bits per heavy atom. The number of hydrogen-bond donors (Lipinski definition) is 3. The van der Waals surface area contributed by atoms with Crippen LogP contribution in [-0.4, -0.2) is 16.1 Å². The van der Waals surface area contributed by atoms with Crippen LogP contribution in [0.3, 0.4) is 0 Å². The largest absolute Gasteiger partial charge is 0.508 e. The van der Waals surface area contributed by atoms with Crippen molar-refractivity contribution in [2.75, 3.05) is 5.32 Å². The Hall–Kier alpha value is -1.47. The molecule has 2 aromatic carbocycles. The second-order valence-electron chi connectivity index (χ2n) is 3.82. The lowest BCUT2D eigenvalue weighted by Gasteiger charge is -2.08. The normalized spacial score (nSPS) is 10.2. The lowest BCUT2D eigenvalue weighted by molar-refractivity contribution is 0.102. The number of amides is 1. The average molecular weight is 390 g/mol. The van der Waals surface area contributed by atoms with Gasteiger partial charge in [-0.3, -0.25) is 4.79 Å². The lowest BCUT2D eigenvalue weighted by Crippen LogP contribution is -2.12. The summed E-state index contributed by atoms with van der Waals surface area (Å²) in [5.41, 5.74) is 0.613. The molecule has 0 bridgehead atoms. The van der Waals surface area contributed by atoms with Crippen molar-refractivity contribution in [3.63, 3.8) is 0 Å². The standard InChI is InChI=1S/C13H9ClINO3/c14-11-5-8(15)1-2-12(11)16-13(19)7-3-9(17)6-10(18)4-7/h1-6,17-18H,(H,16,19). The first-order valence-electron chi connectivity index (χ1n) is 5.25. The van der Waals surface area contributed by atoms with Crippen LogP contribution in [0.1, 0.15) is 10.4 Å². The minimum atomic E-state index is -0.464. The van der Waals surface area contributed by atoms with Crippen molar-refractivity contribution >= 4 is 45.8 Å². The number of rotatable bonds is 2. The number of halogens is 2. The molecule has 0 aliphatic carbocycles. The zero-order chi connectivity index (χ0) is 14.0. The van der Waals surface area contributed by atoms with Gasteiger partial charge in [-0.2, -0.15) is 0 Å². The summed E-state index contributed by atoms with van der Waals surface area (Å²) in [5.74, 6) is -0.827. The molecule has 19 heavy (non-hydrogen) atoms. The predicted molar refractivity (Wildman–Crippen MR) is 81.9 cm³/mol. The molecule has 3 N–H and O–H groups in total. The Balaban J connectivity index is 2.25. The average Bonchev–Trinajstić information content (AvgIpc) is 2.31. The minimum Gasteiger partial charge on any atom is -0.508 e. The third-order valence-electron chi connectivity index (χ3n) is 2.34. The van der Waals surface area contributed by atoms with Gasteiger partial charge in [-0.1, -0.05) is 11.6 Å². The van der Waals surface area contributed by atoms with Gasteiger partial charge in [0, 0.05) is 15.2 Å². The zero-order valence-electron chi connectivity index (χ0n) is 9.52. The Morgan fingerprint density at radius 3 is 2.32 bits per heavy atom. The van der Waals surface area contributed by atoms with E-state index in [1.807, 2.05) is 6.07 Å². The smallest absolute Gasteiger partial charge is 0.255 e. The second kappa shape index (κ2) is 5.66. The Morgan fingerprint density at radius 2 is 1.74 bits per heavy atom. The molecule has 98 valence electrons. The summed E-state index contributed by atoms with van der Waals surface area (Å²) >= 11 is 8.12. The summed E-state index contributed by atoms with van der Waals surface area (Å²) in [6.45, 7) is 0. The highest BCUT2D eigenvalue weighted by molar-refractivity contribution is 14.1. The third kappa shape index (κ3) is 3.51. The maximum atomic E-state index is 12.0. The molecule has 2 aromatic rings. The van der Waals surface area contributed by atoms with Crippen molar-refractivity contribution in [3.8, 4) is 11.5 Å². The Kier molecular flexibility index (Phi) is 4.16. The fourth-order valence-corrected chi connectivity index (χ4v) is 2.41. The predicted octanol–water partition coefficient (Wildman–Crippen LogP) is 3.61. The number of nitrogens with one attached hydrogen (secondary N) is 1. The summed E-state index contributed by atoms with van der Waals surface area (Å²) in [5, 5.41) is 21.7. The number of carbonyl (C=O) groups excluding carboxylic acids is 1. The van der Waals surface area contributed by atoms with Crippen LogP contribution in [-0.2, 0) is 0 Å². The molecule has 0 saturated carbocycles. The molecule has 0 aromatic heterocycles. The first-order chi connectivity index (χ1) is 8.95. The van der Waals surface area contributed by atoms with Crippen LogP contribution < -0.4 is 5.32 Å². The zero-order valence-corrected chi connectivity index (χ0v) is 12.4. The van der Waals surface area contributed by atoms with E-state index in [1.165, 1.54) is 12.1 Å². The van der Waals surface area contributed by atoms with E-state index in [9.17, 15) is 15.0 Å². The van der Waals surface area contributed by atoms with Gasteiger partial charge in [-0.15, -0.1) is 0 Å². The maximum absolute atomic E-state index is 12.0. The number of carbonyl (C=O) groups is 1. The Labute approximate surface area is 128 Å². The Bertz CT molecular complexity index is 626. The number of anilines is 1. The molecule has 2 rings (SSSR count). The molecule has 0 radical (unpaired) electrons. The van der Waals surface area contributed by atoms with E-state index in [0.717, 1.165) is 9.64 Å². The molecular weight excluding hydrogens is 381 g/mol. The van der Waals surface area contributed by atoms with Crippen LogP contribution in [0, 0.1) is 3.57 Å². The summed E-state index contributed by atoms with van der Waals surface area (Å²) in [6, 6.07) is 8.88. The van der Waals surface area contributed by atoms with Gasteiger partial charge in [-0.05, 0) is 52.9 Å². The molecule has 0 heterocycles. The van der Waals surface area contributed by atoms with Crippen molar-refractivity contribution in [1.29, 1.82) is 0 Å². The van der Waals surface area contributed by atoms with Crippen molar-refractivity contribution in [2.45, 2.75) is 0 Å². The fourth-order valence-electron chi connectivity index (χ4n) is 1.51. The fraction of sp³-hybridized carbons (Fsp3) is 0. The molecule has 1 amide bonds. The number of phenolic OH excluding ortho intramolecular Hbond substituents is 2. The molecular formula is C13H9ClINO3. The summed E-state index contributed by atoms with van der Waals surface area (Å²) in [7, 11) is 0. The van der Waals surface area contributed by atoms with E-state index >= 15 is 0 Å². The van der Waals surface area contributed by atoms with Gasteiger partial charge < -0.3 is 15.5 Å². The van der Waals surface area contributed by atoms with Crippen LogP contribution in [0.2, 0.25) is 5.02 Å². The molecule has 4 nitrogen and oxygen atoms in total. The molecule has 0 fully saturated rings. The highest BCUT2D eigenvalue weighted by Crippen LogP contribution is 2.26. The second-order valence-corrected chi connectivity index (χ2v) is 5.47. The molecule has 0 aliphatic heterocycles. The molecule has 6 heteroatoms. The summed E-state index contributed by atoms with van der Waals surface area (Å²) < 4.78 is 0.954. The SMILES string of the molecule is O=C(Nc1ccc(I)cc1Cl)c1cc(O)cc(O)c1. The van der Waals surface area contributed by atoms with E-state index in [2.05, 4.69) is 27.9 Å². The summed E-state index contributed by atoms with van der Waals surface area (Å²) in [6.07, 6.45) is 0. The number of aromatic hydroxyl groups is 2. The first kappa shape index (κ1) is 14.0. The van der Waals surface area contributed by atoms with Gasteiger partial charge in [0.1, 0.15) is 11.5 Å². The van der Waals surface area contributed by atoms with Gasteiger partial charge >= 0.3 is 0 Å². The quantitative estimate of drug-likeness (QED) is 0.687. The van der Waals surface area contributed by atoms with Gasteiger partial charge in [0.05, 0.1) is 10.7 Å². The lowest BCUT2D eigenvalue weighted by atomic mass is 10.2. The molecule has 0 aliphatic rings. The maximum Gasteiger partial charge on any atom is 0.255 e. The van der Waals surface area contributed by atoms with Crippen molar-refractivity contribution in [3.05, 3.63) is 50.6 Å². The number of phenols is 2. The van der Waals surface area contributed by atoms with E-state index in [-0.39, 0.29) is 17.1 Å². The minimum absolute atomic E-state index is 0.145. The highest BCUT2D eigenvalue weighted by Gasteiger charge is 2.10. The van der Waals surface area contributed by atoms with Crippen LogP contribution in [0.25, 0.3) is 0 Å². The van der Waals surface area contributed by atoms with Crippen LogP contribution in [0.15, 0.2) is 36.4 Å². The van der Waals surface area contributed by atoms with Gasteiger partial charge in [0.2, 0.25) is 0 Å². The van der Waals surface area contributed by atoms with E-state index < -0.39 is 5.91 Å². The van der Waals surface area contributed by atoms with Gasteiger partial charge in [0.15, 0.2) is 0 Å². The van der Waals surface area contributed by atoms with Crippen molar-refractivity contribution in [2.24, 2.45) is 0 Å². The van der Waals surface area contributed by atoms with Gasteiger partial charge in [0.25, 0.3) is 5.91 Å². The van der Waals surface area contributed by atoms with E-state index in [4.69, 9.17) is 11.6 Å². The molecule has 0 saturated heterocycles. The van der Waals surface area contributed by atoms with Gasteiger partial charge in [-0.25, -0.2) is 0 Å².